The van der Waals surface area contributed by atoms with Crippen molar-refractivity contribution >= 4 is 17.7 Å². The maximum absolute atomic E-state index is 13.6. The molecule has 1 aliphatic carbocycles. The SMILES string of the molecule is CCOCCNC(=O)CS[C@H]1CCc2c(F)cccc21. The summed E-state index contributed by atoms with van der Waals surface area (Å²) in [6, 6.07) is 5.22. The van der Waals surface area contributed by atoms with Gasteiger partial charge in [0, 0.05) is 18.4 Å². The van der Waals surface area contributed by atoms with E-state index in [1.807, 2.05) is 13.0 Å². The van der Waals surface area contributed by atoms with Gasteiger partial charge in [0.25, 0.3) is 0 Å². The van der Waals surface area contributed by atoms with E-state index in [9.17, 15) is 9.18 Å². The Morgan fingerprint density at radius 2 is 2.40 bits per heavy atom. The van der Waals surface area contributed by atoms with Crippen LogP contribution in [0.1, 0.15) is 29.7 Å². The number of carbonyl (C=O) groups excluding carboxylic acids is 1. The predicted octanol–water partition coefficient (Wildman–Crippen LogP) is 2.70. The first-order valence-electron chi connectivity index (χ1n) is 6.95. The van der Waals surface area contributed by atoms with Gasteiger partial charge in [0.1, 0.15) is 5.82 Å². The number of nitrogens with one attached hydrogen (secondary N) is 1. The number of benzene rings is 1. The van der Waals surface area contributed by atoms with Crippen molar-refractivity contribution in [2.75, 3.05) is 25.5 Å². The number of halogens is 1. The van der Waals surface area contributed by atoms with Gasteiger partial charge in [-0.2, -0.15) is 0 Å². The summed E-state index contributed by atoms with van der Waals surface area (Å²) in [4.78, 5) is 11.7. The van der Waals surface area contributed by atoms with Crippen molar-refractivity contribution in [3.63, 3.8) is 0 Å². The molecule has 1 amide bonds. The lowest BCUT2D eigenvalue weighted by Crippen LogP contribution is -2.28. The Balaban J connectivity index is 1.76. The van der Waals surface area contributed by atoms with Crippen LogP contribution in [0.2, 0.25) is 0 Å². The van der Waals surface area contributed by atoms with Crippen molar-refractivity contribution in [2.24, 2.45) is 0 Å². The second-order valence-electron chi connectivity index (χ2n) is 4.69. The molecule has 0 aromatic heterocycles. The molecule has 0 radical (unpaired) electrons. The summed E-state index contributed by atoms with van der Waals surface area (Å²) in [6.45, 7) is 3.68. The Bertz CT molecular complexity index is 467. The van der Waals surface area contributed by atoms with E-state index in [1.165, 1.54) is 6.07 Å². The molecular formula is C15H20FNO2S. The molecule has 0 fully saturated rings. The van der Waals surface area contributed by atoms with E-state index < -0.39 is 0 Å². The topological polar surface area (TPSA) is 38.3 Å². The number of carbonyl (C=O) groups is 1. The number of amides is 1. The zero-order chi connectivity index (χ0) is 14.4. The standard InChI is InChI=1S/C15H20FNO2S/c1-2-19-9-8-17-15(18)10-20-14-7-6-11-12(14)4-3-5-13(11)16/h3-5,14H,2,6-10H2,1H3,(H,17,18)/t14-/m0/s1. The molecule has 0 saturated carbocycles. The summed E-state index contributed by atoms with van der Waals surface area (Å²) in [7, 11) is 0. The van der Waals surface area contributed by atoms with Gasteiger partial charge in [0.05, 0.1) is 12.4 Å². The van der Waals surface area contributed by atoms with Gasteiger partial charge >= 0.3 is 0 Å². The van der Waals surface area contributed by atoms with Crippen molar-refractivity contribution in [2.45, 2.75) is 25.0 Å². The highest BCUT2D eigenvalue weighted by atomic mass is 32.2. The van der Waals surface area contributed by atoms with Crippen LogP contribution >= 0.6 is 11.8 Å². The first kappa shape index (κ1) is 15.3. The molecule has 110 valence electrons. The number of fused-ring (bicyclic) bond motifs is 1. The van der Waals surface area contributed by atoms with Gasteiger partial charge in [0.2, 0.25) is 5.91 Å². The van der Waals surface area contributed by atoms with E-state index in [1.54, 1.807) is 17.8 Å². The predicted molar refractivity (Wildman–Crippen MR) is 79.4 cm³/mol. The number of rotatable bonds is 7. The molecule has 3 nitrogen and oxygen atoms in total. The van der Waals surface area contributed by atoms with Crippen molar-refractivity contribution in [1.82, 2.24) is 5.32 Å². The molecule has 0 bridgehead atoms. The maximum atomic E-state index is 13.6. The molecule has 0 saturated heterocycles. The first-order chi connectivity index (χ1) is 9.72. The summed E-state index contributed by atoms with van der Waals surface area (Å²) in [5.74, 6) is 0.304. The lowest BCUT2D eigenvalue weighted by atomic mass is 10.1. The van der Waals surface area contributed by atoms with Crippen molar-refractivity contribution in [3.05, 3.63) is 35.1 Å². The smallest absolute Gasteiger partial charge is 0.230 e. The van der Waals surface area contributed by atoms with E-state index in [0.717, 1.165) is 24.0 Å². The highest BCUT2D eigenvalue weighted by Crippen LogP contribution is 2.41. The van der Waals surface area contributed by atoms with Crippen molar-refractivity contribution < 1.29 is 13.9 Å². The Kier molecular flexibility index (Phi) is 5.86. The van der Waals surface area contributed by atoms with Gasteiger partial charge in [-0.3, -0.25) is 4.79 Å². The summed E-state index contributed by atoms with van der Waals surface area (Å²) >= 11 is 1.59. The third-order valence-corrected chi connectivity index (χ3v) is 4.67. The zero-order valence-electron chi connectivity index (χ0n) is 11.7. The summed E-state index contributed by atoms with van der Waals surface area (Å²) < 4.78 is 18.8. The van der Waals surface area contributed by atoms with Crippen LogP contribution in [0.5, 0.6) is 0 Å². The monoisotopic (exact) mass is 297 g/mol. The Morgan fingerprint density at radius 3 is 3.20 bits per heavy atom. The summed E-state index contributed by atoms with van der Waals surface area (Å²) in [5.41, 5.74) is 1.87. The van der Waals surface area contributed by atoms with E-state index in [2.05, 4.69) is 5.32 Å². The Labute approximate surface area is 123 Å². The molecule has 0 aliphatic heterocycles. The highest BCUT2D eigenvalue weighted by Gasteiger charge is 2.25. The van der Waals surface area contributed by atoms with Gasteiger partial charge < -0.3 is 10.1 Å². The van der Waals surface area contributed by atoms with Gasteiger partial charge in [-0.05, 0) is 37.0 Å². The van der Waals surface area contributed by atoms with Crippen LogP contribution in [0.4, 0.5) is 4.39 Å². The van der Waals surface area contributed by atoms with Gasteiger partial charge in [-0.15, -0.1) is 11.8 Å². The molecule has 1 atom stereocenters. The third kappa shape index (κ3) is 3.96. The summed E-state index contributed by atoms with van der Waals surface area (Å²) in [5, 5.41) is 3.05. The molecule has 20 heavy (non-hydrogen) atoms. The molecule has 0 heterocycles. The fraction of sp³-hybridized carbons (Fsp3) is 0.533. The molecule has 5 heteroatoms. The highest BCUT2D eigenvalue weighted by molar-refractivity contribution is 8.00. The van der Waals surface area contributed by atoms with Crippen LogP contribution in [0.3, 0.4) is 0 Å². The fourth-order valence-corrected chi connectivity index (χ4v) is 3.52. The van der Waals surface area contributed by atoms with Crippen molar-refractivity contribution in [1.29, 1.82) is 0 Å². The fourth-order valence-electron chi connectivity index (χ4n) is 2.38. The molecular weight excluding hydrogens is 277 g/mol. The minimum atomic E-state index is -0.119. The average molecular weight is 297 g/mol. The normalized spacial score (nSPS) is 17.0. The van der Waals surface area contributed by atoms with E-state index in [-0.39, 0.29) is 17.0 Å². The van der Waals surface area contributed by atoms with Crippen LogP contribution in [-0.2, 0) is 16.0 Å². The van der Waals surface area contributed by atoms with Gasteiger partial charge in [-0.25, -0.2) is 4.39 Å². The number of hydrogen-bond acceptors (Lipinski definition) is 3. The van der Waals surface area contributed by atoms with Crippen LogP contribution in [-0.4, -0.2) is 31.4 Å². The molecule has 0 spiro atoms. The number of hydrogen-bond donors (Lipinski definition) is 1. The zero-order valence-corrected chi connectivity index (χ0v) is 12.5. The number of ether oxygens (including phenoxy) is 1. The largest absolute Gasteiger partial charge is 0.380 e. The molecule has 1 aromatic rings. The molecule has 2 rings (SSSR count). The third-order valence-electron chi connectivity index (χ3n) is 3.35. The van der Waals surface area contributed by atoms with Gasteiger partial charge in [-0.1, -0.05) is 12.1 Å². The first-order valence-corrected chi connectivity index (χ1v) is 8.00. The molecule has 1 N–H and O–H groups in total. The van der Waals surface area contributed by atoms with Crippen LogP contribution < -0.4 is 5.32 Å². The average Bonchev–Trinajstić information content (AvgIpc) is 2.86. The van der Waals surface area contributed by atoms with E-state index in [4.69, 9.17) is 4.74 Å². The Morgan fingerprint density at radius 1 is 1.55 bits per heavy atom. The maximum Gasteiger partial charge on any atom is 0.230 e. The molecule has 0 unspecified atom stereocenters. The second-order valence-corrected chi connectivity index (χ2v) is 5.88. The minimum Gasteiger partial charge on any atom is -0.380 e. The van der Waals surface area contributed by atoms with Crippen LogP contribution in [0.15, 0.2) is 18.2 Å². The second kappa shape index (κ2) is 7.64. The number of thioether (sulfide) groups is 1. The Hall–Kier alpha value is -1.07. The van der Waals surface area contributed by atoms with Crippen molar-refractivity contribution in [3.8, 4) is 0 Å². The summed E-state index contributed by atoms with van der Waals surface area (Å²) in [6.07, 6.45) is 1.68. The lowest BCUT2D eigenvalue weighted by Gasteiger charge is -2.11. The molecule has 1 aliphatic rings. The van der Waals surface area contributed by atoms with Crippen LogP contribution in [0, 0.1) is 5.82 Å². The minimum absolute atomic E-state index is 0.0135. The van der Waals surface area contributed by atoms with E-state index in [0.29, 0.717) is 25.5 Å². The quantitative estimate of drug-likeness (QED) is 0.786. The van der Waals surface area contributed by atoms with Crippen LogP contribution in [0.25, 0.3) is 0 Å². The lowest BCUT2D eigenvalue weighted by molar-refractivity contribution is -0.118. The van der Waals surface area contributed by atoms with Gasteiger partial charge in [0.15, 0.2) is 0 Å². The van der Waals surface area contributed by atoms with E-state index >= 15 is 0 Å². The molecule has 1 aromatic carbocycles.